The zero-order chi connectivity index (χ0) is 23.1. The van der Waals surface area contributed by atoms with E-state index in [9.17, 15) is 9.59 Å². The van der Waals surface area contributed by atoms with Gasteiger partial charge in [0.05, 0.1) is 10.7 Å². The number of halogens is 2. The molecule has 0 saturated heterocycles. The number of fused-ring (bicyclic) bond motifs is 1. The van der Waals surface area contributed by atoms with E-state index in [2.05, 4.69) is 11.1 Å². The summed E-state index contributed by atoms with van der Waals surface area (Å²) in [6.45, 7) is 1.78. The Morgan fingerprint density at radius 1 is 1.00 bits per heavy atom. The lowest BCUT2D eigenvalue weighted by atomic mass is 9.98. The monoisotopic (exact) mass is 474 g/mol. The van der Waals surface area contributed by atoms with E-state index in [0.29, 0.717) is 22.8 Å². The number of Topliss-reactive ketones (excluding diaryl/α,β-unsaturated/α-hetero) is 1. The predicted octanol–water partition coefficient (Wildman–Crippen LogP) is 6.67. The summed E-state index contributed by atoms with van der Waals surface area (Å²) < 4.78 is 1.74. The minimum atomic E-state index is -0.899. The van der Waals surface area contributed by atoms with Crippen molar-refractivity contribution >= 4 is 40.6 Å². The third-order valence-corrected chi connectivity index (χ3v) is 5.95. The third kappa shape index (κ3) is 6.81. The van der Waals surface area contributed by atoms with Gasteiger partial charge in [-0.3, -0.25) is 14.0 Å². The maximum absolute atomic E-state index is 13.1. The Bertz CT molecular complexity index is 1090. The van der Waals surface area contributed by atoms with E-state index in [0.717, 1.165) is 42.8 Å². The number of carboxylic acid groups (broad SMARTS) is 1. The van der Waals surface area contributed by atoms with Crippen LogP contribution in [0.5, 0.6) is 0 Å². The van der Waals surface area contributed by atoms with Gasteiger partial charge in [-0.05, 0) is 61.4 Å². The maximum Gasteiger partial charge on any atom is 0.303 e. The van der Waals surface area contributed by atoms with Gasteiger partial charge >= 0.3 is 5.97 Å². The Morgan fingerprint density at radius 2 is 1.75 bits per heavy atom. The first-order valence-corrected chi connectivity index (χ1v) is 11.7. The lowest BCUT2D eigenvalue weighted by Crippen LogP contribution is -2.13. The Kier molecular flexibility index (Phi) is 8.71. The number of unbranched alkanes of at least 4 members (excludes halogenated alkanes) is 3. The van der Waals surface area contributed by atoms with E-state index < -0.39 is 5.97 Å². The molecule has 0 fully saturated rings. The highest BCUT2D eigenvalue weighted by molar-refractivity contribution is 6.30. The zero-order valence-electron chi connectivity index (χ0n) is 18.2. The van der Waals surface area contributed by atoms with Crippen LogP contribution in [-0.2, 0) is 17.6 Å². The molecule has 5 nitrogen and oxygen atoms in total. The number of hydrogen-bond donors (Lipinski definition) is 1. The minimum absolute atomic E-state index is 0.0365. The van der Waals surface area contributed by atoms with Crippen molar-refractivity contribution in [2.24, 2.45) is 5.92 Å². The average Bonchev–Trinajstić information content (AvgIpc) is 3.07. The number of nitrogens with zero attached hydrogens (tertiary/aromatic N) is 2. The molecule has 3 rings (SSSR count). The lowest BCUT2D eigenvalue weighted by molar-refractivity contribution is -0.137. The molecule has 0 saturated carbocycles. The van der Waals surface area contributed by atoms with Gasteiger partial charge in [-0.15, -0.1) is 0 Å². The molecule has 0 unspecified atom stereocenters. The molecule has 3 aromatic rings. The second-order valence-electron chi connectivity index (χ2n) is 8.36. The Labute approximate surface area is 198 Å². The smallest absolute Gasteiger partial charge is 0.303 e. The van der Waals surface area contributed by atoms with E-state index in [1.807, 2.05) is 18.2 Å². The van der Waals surface area contributed by atoms with Crippen LogP contribution in [0.1, 0.15) is 67.2 Å². The number of rotatable bonds is 12. The number of imidazole rings is 1. The summed E-state index contributed by atoms with van der Waals surface area (Å²) in [5.74, 6) is -1.24. The highest BCUT2D eigenvalue weighted by atomic mass is 35.5. The number of carbonyl (C=O) groups excluding carboxylic acids is 1. The molecule has 0 amide bonds. The molecule has 0 aliphatic heterocycles. The number of ketones is 1. The number of carboxylic acids is 1. The maximum atomic E-state index is 13.1. The summed E-state index contributed by atoms with van der Waals surface area (Å²) in [6, 6.07) is 11.5. The van der Waals surface area contributed by atoms with Crippen LogP contribution in [0.3, 0.4) is 0 Å². The summed E-state index contributed by atoms with van der Waals surface area (Å²) in [7, 11) is 0. The molecule has 2 heterocycles. The van der Waals surface area contributed by atoms with Crippen LogP contribution in [0.15, 0.2) is 42.6 Å². The summed E-state index contributed by atoms with van der Waals surface area (Å²) in [5, 5.41) is 10.3. The molecular formula is C25H28Cl2N2O3. The standard InChI is InChI=1S/C25H28Cl2N2O3/c1-17(14-24(31)32)13-22(30)25-21(28-23-12-11-20(27)16-29(23)25)10-5-3-2-4-7-18-8-6-9-19(26)15-18/h6,8-9,11-12,15-17H,2-5,7,10,13-14H2,1H3,(H,31,32)/t17-/m0/s1. The molecule has 2 aromatic heterocycles. The fraction of sp³-hybridized carbons (Fsp3) is 0.400. The molecule has 0 radical (unpaired) electrons. The van der Waals surface area contributed by atoms with Gasteiger partial charge in [-0.25, -0.2) is 4.98 Å². The van der Waals surface area contributed by atoms with Gasteiger partial charge in [0.1, 0.15) is 11.3 Å². The van der Waals surface area contributed by atoms with Crippen molar-refractivity contribution in [3.05, 3.63) is 69.6 Å². The van der Waals surface area contributed by atoms with Crippen molar-refractivity contribution in [3.8, 4) is 0 Å². The molecule has 0 aliphatic rings. The van der Waals surface area contributed by atoms with Crippen LogP contribution >= 0.6 is 23.2 Å². The zero-order valence-corrected chi connectivity index (χ0v) is 19.7. The molecular weight excluding hydrogens is 447 g/mol. The predicted molar refractivity (Wildman–Crippen MR) is 128 cm³/mol. The molecule has 170 valence electrons. The quantitative estimate of drug-likeness (QED) is 0.235. The molecule has 1 aromatic carbocycles. The second-order valence-corrected chi connectivity index (χ2v) is 9.23. The number of hydrogen-bond acceptors (Lipinski definition) is 3. The van der Waals surface area contributed by atoms with Crippen molar-refractivity contribution in [2.75, 3.05) is 0 Å². The van der Waals surface area contributed by atoms with E-state index >= 15 is 0 Å². The Morgan fingerprint density at radius 3 is 2.47 bits per heavy atom. The van der Waals surface area contributed by atoms with Crippen LogP contribution < -0.4 is 0 Å². The van der Waals surface area contributed by atoms with Crippen molar-refractivity contribution < 1.29 is 14.7 Å². The van der Waals surface area contributed by atoms with Gasteiger partial charge < -0.3 is 5.11 Å². The molecule has 0 spiro atoms. The normalized spacial score (nSPS) is 12.2. The van der Waals surface area contributed by atoms with Gasteiger partial charge in [0.15, 0.2) is 5.78 Å². The van der Waals surface area contributed by atoms with E-state index in [-0.39, 0.29) is 24.5 Å². The number of aliphatic carboxylic acids is 1. The highest BCUT2D eigenvalue weighted by Crippen LogP contribution is 2.22. The van der Waals surface area contributed by atoms with Crippen molar-refractivity contribution in [1.29, 1.82) is 0 Å². The molecule has 7 heteroatoms. The van der Waals surface area contributed by atoms with E-state index in [4.69, 9.17) is 28.3 Å². The van der Waals surface area contributed by atoms with Crippen LogP contribution in [-0.4, -0.2) is 26.2 Å². The number of aryl methyl sites for hydroxylation is 2. The highest BCUT2D eigenvalue weighted by Gasteiger charge is 2.22. The van der Waals surface area contributed by atoms with Crippen LogP contribution in [0.4, 0.5) is 0 Å². The molecule has 0 aliphatic carbocycles. The number of carbonyl (C=O) groups is 2. The number of benzene rings is 1. The van der Waals surface area contributed by atoms with Gasteiger partial charge in [-0.2, -0.15) is 0 Å². The van der Waals surface area contributed by atoms with Crippen LogP contribution in [0.25, 0.3) is 5.65 Å². The first-order chi connectivity index (χ1) is 15.3. The SMILES string of the molecule is C[C@H](CC(=O)O)CC(=O)c1c(CCCCCCc2cccc(Cl)c2)nc2ccc(Cl)cn12. The van der Waals surface area contributed by atoms with Crippen LogP contribution in [0, 0.1) is 5.92 Å². The van der Waals surface area contributed by atoms with E-state index in [1.165, 1.54) is 5.56 Å². The molecule has 1 atom stereocenters. The summed E-state index contributed by atoms with van der Waals surface area (Å²) in [5.41, 5.74) is 3.21. The fourth-order valence-electron chi connectivity index (χ4n) is 3.99. The Hall–Kier alpha value is -2.37. The minimum Gasteiger partial charge on any atom is -0.481 e. The van der Waals surface area contributed by atoms with E-state index in [1.54, 1.807) is 29.7 Å². The number of aromatic nitrogens is 2. The second kappa shape index (κ2) is 11.5. The number of pyridine rings is 1. The summed E-state index contributed by atoms with van der Waals surface area (Å²) in [4.78, 5) is 28.7. The largest absolute Gasteiger partial charge is 0.481 e. The van der Waals surface area contributed by atoms with Gasteiger partial charge in [0, 0.05) is 24.1 Å². The fourth-order valence-corrected chi connectivity index (χ4v) is 4.36. The summed E-state index contributed by atoms with van der Waals surface area (Å²) in [6.07, 6.45) is 7.67. The Balaban J connectivity index is 1.62. The van der Waals surface area contributed by atoms with Crippen LogP contribution in [0.2, 0.25) is 10.0 Å². The third-order valence-electron chi connectivity index (χ3n) is 5.49. The van der Waals surface area contributed by atoms with Crippen molar-refractivity contribution in [3.63, 3.8) is 0 Å². The molecule has 0 bridgehead atoms. The topological polar surface area (TPSA) is 71.7 Å². The molecule has 32 heavy (non-hydrogen) atoms. The first-order valence-electron chi connectivity index (χ1n) is 11.0. The summed E-state index contributed by atoms with van der Waals surface area (Å²) >= 11 is 12.2. The average molecular weight is 475 g/mol. The van der Waals surface area contributed by atoms with Gasteiger partial charge in [-0.1, -0.05) is 55.1 Å². The molecule has 1 N–H and O–H groups in total. The van der Waals surface area contributed by atoms with Gasteiger partial charge in [0.2, 0.25) is 0 Å². The van der Waals surface area contributed by atoms with Crippen molar-refractivity contribution in [2.45, 2.75) is 58.3 Å². The lowest BCUT2D eigenvalue weighted by Gasteiger charge is -2.09. The van der Waals surface area contributed by atoms with Crippen molar-refractivity contribution in [1.82, 2.24) is 9.38 Å². The first kappa shape index (κ1) is 24.3. The van der Waals surface area contributed by atoms with Gasteiger partial charge in [0.25, 0.3) is 0 Å².